The third-order valence-corrected chi connectivity index (χ3v) is 4.43. The van der Waals surface area contributed by atoms with Crippen LogP contribution in [-0.4, -0.2) is 36.8 Å². The second-order valence-corrected chi connectivity index (χ2v) is 6.17. The van der Waals surface area contributed by atoms with Gasteiger partial charge in [-0.3, -0.25) is 0 Å². The van der Waals surface area contributed by atoms with Crippen molar-refractivity contribution in [2.24, 2.45) is 5.92 Å². The van der Waals surface area contributed by atoms with E-state index in [0.717, 1.165) is 32.6 Å². The van der Waals surface area contributed by atoms with Gasteiger partial charge in [0.05, 0.1) is 5.02 Å². The molecule has 0 radical (unpaired) electrons. The maximum absolute atomic E-state index is 14.3. The molecule has 0 saturated carbocycles. The van der Waals surface area contributed by atoms with Crippen molar-refractivity contribution in [1.82, 2.24) is 9.97 Å². The molecule has 1 saturated heterocycles. The van der Waals surface area contributed by atoms with E-state index in [4.69, 9.17) is 16.3 Å². The number of aromatic nitrogens is 2. The second kappa shape index (κ2) is 7.77. The molecule has 0 bridgehead atoms. The molecule has 1 aliphatic rings. The zero-order valence-electron chi connectivity index (χ0n) is 13.5. The fourth-order valence-electron chi connectivity index (χ4n) is 2.69. The van der Waals surface area contributed by atoms with Gasteiger partial charge in [-0.25, -0.2) is 14.4 Å². The number of anilines is 2. The van der Waals surface area contributed by atoms with Crippen LogP contribution >= 0.6 is 11.6 Å². The van der Waals surface area contributed by atoms with Crippen LogP contribution in [0.15, 0.2) is 24.4 Å². The Morgan fingerprint density at radius 2 is 2.08 bits per heavy atom. The van der Waals surface area contributed by atoms with Crippen LogP contribution < -0.4 is 10.6 Å². The molecule has 2 aromatic rings. The summed E-state index contributed by atoms with van der Waals surface area (Å²) in [5, 5.41) is 6.57. The van der Waals surface area contributed by atoms with E-state index in [1.807, 2.05) is 0 Å². The molecule has 3 rings (SSSR count). The number of nitrogens with zero attached hydrogens (tertiary/aromatic N) is 2. The Balaban J connectivity index is 1.81. The molecular weight excluding hydrogens is 331 g/mol. The summed E-state index contributed by atoms with van der Waals surface area (Å²) in [5.41, 5.74) is 0.735. The highest BCUT2D eigenvalue weighted by atomic mass is 35.5. The Labute approximate surface area is 145 Å². The number of hydrogen-bond donors (Lipinski definition) is 2. The number of pyridine rings is 2. The van der Waals surface area contributed by atoms with Crippen molar-refractivity contribution in [2.45, 2.75) is 12.8 Å². The number of nitrogens with one attached hydrogen (secondary N) is 2. The molecule has 1 aliphatic heterocycles. The van der Waals surface area contributed by atoms with E-state index in [0.29, 0.717) is 28.1 Å². The first kappa shape index (κ1) is 16.9. The maximum atomic E-state index is 14.3. The van der Waals surface area contributed by atoms with Crippen molar-refractivity contribution in [3.63, 3.8) is 0 Å². The van der Waals surface area contributed by atoms with Crippen LogP contribution in [0.2, 0.25) is 5.02 Å². The monoisotopic (exact) mass is 350 g/mol. The van der Waals surface area contributed by atoms with E-state index in [1.54, 1.807) is 19.2 Å². The standard InChI is InChI=1S/C17H20ClFN4O/c1-20-16-8-12(13(18)10-22-16)17-14(19)2-3-15(23-17)21-9-11-4-6-24-7-5-11/h2-3,8,10-11H,4-7,9H2,1H3,(H,20,22)(H,21,23). The summed E-state index contributed by atoms with van der Waals surface area (Å²) in [6, 6.07) is 4.74. The third-order valence-electron chi connectivity index (χ3n) is 4.13. The Morgan fingerprint density at radius 1 is 1.29 bits per heavy atom. The summed E-state index contributed by atoms with van der Waals surface area (Å²) in [6.45, 7) is 2.40. The predicted octanol–water partition coefficient (Wildman–Crippen LogP) is 3.82. The molecule has 7 heteroatoms. The number of ether oxygens (including phenoxy) is 1. The van der Waals surface area contributed by atoms with Crippen molar-refractivity contribution in [1.29, 1.82) is 0 Å². The van der Waals surface area contributed by atoms with Crippen molar-refractivity contribution in [3.05, 3.63) is 35.2 Å². The lowest BCUT2D eigenvalue weighted by atomic mass is 10.0. The highest BCUT2D eigenvalue weighted by molar-refractivity contribution is 6.33. The first-order valence-corrected chi connectivity index (χ1v) is 8.37. The van der Waals surface area contributed by atoms with Crippen LogP contribution in [-0.2, 0) is 4.74 Å². The molecule has 0 aliphatic carbocycles. The largest absolute Gasteiger partial charge is 0.381 e. The first-order chi connectivity index (χ1) is 11.7. The second-order valence-electron chi connectivity index (χ2n) is 5.76. The molecular formula is C17H20ClFN4O. The number of halogens is 2. The van der Waals surface area contributed by atoms with Gasteiger partial charge in [0, 0.05) is 38.6 Å². The molecule has 5 nitrogen and oxygen atoms in total. The molecule has 3 heterocycles. The van der Waals surface area contributed by atoms with Gasteiger partial charge in [0.2, 0.25) is 0 Å². The van der Waals surface area contributed by atoms with Crippen molar-refractivity contribution in [2.75, 3.05) is 37.4 Å². The zero-order chi connectivity index (χ0) is 16.9. The van der Waals surface area contributed by atoms with Gasteiger partial charge < -0.3 is 15.4 Å². The summed E-state index contributed by atoms with van der Waals surface area (Å²) >= 11 is 6.18. The minimum atomic E-state index is -0.415. The highest BCUT2D eigenvalue weighted by Crippen LogP contribution is 2.30. The molecule has 0 unspecified atom stereocenters. The number of hydrogen-bond acceptors (Lipinski definition) is 5. The topological polar surface area (TPSA) is 59.1 Å². The lowest BCUT2D eigenvalue weighted by Crippen LogP contribution is -2.23. The predicted molar refractivity (Wildman–Crippen MR) is 94.0 cm³/mol. The maximum Gasteiger partial charge on any atom is 0.149 e. The van der Waals surface area contributed by atoms with Crippen molar-refractivity contribution in [3.8, 4) is 11.3 Å². The van der Waals surface area contributed by atoms with E-state index >= 15 is 0 Å². The zero-order valence-corrected chi connectivity index (χ0v) is 14.2. The third kappa shape index (κ3) is 3.94. The SMILES string of the molecule is CNc1cc(-c2nc(NCC3CCOCC3)ccc2F)c(Cl)cn1. The van der Waals surface area contributed by atoms with Crippen LogP contribution in [0.5, 0.6) is 0 Å². The summed E-state index contributed by atoms with van der Waals surface area (Å²) in [4.78, 5) is 8.52. The van der Waals surface area contributed by atoms with Gasteiger partial charge in [0.25, 0.3) is 0 Å². The quantitative estimate of drug-likeness (QED) is 0.858. The van der Waals surface area contributed by atoms with Gasteiger partial charge >= 0.3 is 0 Å². The van der Waals surface area contributed by atoms with Crippen LogP contribution in [0.1, 0.15) is 12.8 Å². The summed E-state index contributed by atoms with van der Waals surface area (Å²) in [7, 11) is 1.75. The van der Waals surface area contributed by atoms with Crippen LogP contribution in [0, 0.1) is 11.7 Å². The average Bonchev–Trinajstić information content (AvgIpc) is 2.62. The summed E-state index contributed by atoms with van der Waals surface area (Å²) in [6.07, 6.45) is 3.55. The minimum Gasteiger partial charge on any atom is -0.381 e. The molecule has 0 aromatic carbocycles. The number of rotatable bonds is 5. The Morgan fingerprint density at radius 3 is 2.83 bits per heavy atom. The van der Waals surface area contributed by atoms with E-state index in [-0.39, 0.29) is 5.69 Å². The van der Waals surface area contributed by atoms with Gasteiger partial charge in [-0.05, 0) is 37.0 Å². The Bertz CT molecular complexity index is 707. The van der Waals surface area contributed by atoms with Gasteiger partial charge in [0.1, 0.15) is 23.1 Å². The molecule has 2 N–H and O–H groups in total. The van der Waals surface area contributed by atoms with Gasteiger partial charge in [-0.1, -0.05) is 11.6 Å². The lowest BCUT2D eigenvalue weighted by Gasteiger charge is -2.22. The normalized spacial score (nSPS) is 15.3. The van der Waals surface area contributed by atoms with Crippen LogP contribution in [0.3, 0.4) is 0 Å². The van der Waals surface area contributed by atoms with Gasteiger partial charge in [-0.2, -0.15) is 0 Å². The fraction of sp³-hybridized carbons (Fsp3) is 0.412. The van der Waals surface area contributed by atoms with Crippen molar-refractivity contribution < 1.29 is 9.13 Å². The van der Waals surface area contributed by atoms with Crippen LogP contribution in [0.4, 0.5) is 16.0 Å². The first-order valence-electron chi connectivity index (χ1n) is 7.99. The van der Waals surface area contributed by atoms with E-state index in [2.05, 4.69) is 20.6 Å². The smallest absolute Gasteiger partial charge is 0.149 e. The molecule has 24 heavy (non-hydrogen) atoms. The Kier molecular flexibility index (Phi) is 5.48. The van der Waals surface area contributed by atoms with Gasteiger partial charge in [-0.15, -0.1) is 0 Å². The van der Waals surface area contributed by atoms with Crippen LogP contribution in [0.25, 0.3) is 11.3 Å². The summed E-state index contributed by atoms with van der Waals surface area (Å²) in [5.74, 6) is 1.38. The molecule has 0 spiro atoms. The van der Waals surface area contributed by atoms with E-state index in [1.165, 1.54) is 12.3 Å². The molecule has 0 atom stereocenters. The fourth-order valence-corrected chi connectivity index (χ4v) is 2.88. The molecule has 2 aromatic heterocycles. The molecule has 0 amide bonds. The van der Waals surface area contributed by atoms with E-state index < -0.39 is 5.82 Å². The van der Waals surface area contributed by atoms with Gasteiger partial charge in [0.15, 0.2) is 0 Å². The van der Waals surface area contributed by atoms with E-state index in [9.17, 15) is 4.39 Å². The Hall–Kier alpha value is -1.92. The molecule has 1 fully saturated rings. The summed E-state index contributed by atoms with van der Waals surface area (Å²) < 4.78 is 19.6. The van der Waals surface area contributed by atoms with Crippen molar-refractivity contribution >= 4 is 23.2 Å². The average molecular weight is 351 g/mol. The molecule has 128 valence electrons. The highest BCUT2D eigenvalue weighted by Gasteiger charge is 2.16. The lowest BCUT2D eigenvalue weighted by molar-refractivity contribution is 0.0699. The minimum absolute atomic E-state index is 0.218.